The van der Waals surface area contributed by atoms with E-state index in [-0.39, 0.29) is 10.7 Å². The molecule has 0 aliphatic rings. The highest BCUT2D eigenvalue weighted by Gasteiger charge is 2.08. The Hall–Kier alpha value is -0.610. The fourth-order valence-electron chi connectivity index (χ4n) is 0.718. The first-order chi connectivity index (χ1) is 5.66. The van der Waals surface area contributed by atoms with E-state index in [2.05, 4.69) is 21.2 Å². The maximum Gasteiger partial charge on any atom is 0.211 e. The zero-order valence-electron chi connectivity index (χ0n) is 5.77. The summed E-state index contributed by atoms with van der Waals surface area (Å²) < 4.78 is 13.4. The SMILES string of the molecule is O=CNc1c(F)ccc(Br)c1Cl. The molecule has 12 heavy (non-hydrogen) atoms. The third kappa shape index (κ3) is 1.76. The second-order valence-corrected chi connectivity index (χ2v) is 3.21. The summed E-state index contributed by atoms with van der Waals surface area (Å²) in [6, 6.07) is 2.68. The van der Waals surface area contributed by atoms with Crippen molar-refractivity contribution in [2.24, 2.45) is 0 Å². The Morgan fingerprint density at radius 3 is 2.83 bits per heavy atom. The summed E-state index contributed by atoms with van der Waals surface area (Å²) in [5.74, 6) is -0.560. The van der Waals surface area contributed by atoms with Gasteiger partial charge in [-0.05, 0) is 28.1 Å². The lowest BCUT2D eigenvalue weighted by molar-refractivity contribution is -0.105. The van der Waals surface area contributed by atoms with Crippen LogP contribution in [0.25, 0.3) is 0 Å². The largest absolute Gasteiger partial charge is 0.325 e. The maximum atomic E-state index is 12.9. The lowest BCUT2D eigenvalue weighted by Crippen LogP contribution is -1.98. The number of carbonyl (C=O) groups is 1. The van der Waals surface area contributed by atoms with Gasteiger partial charge in [0.1, 0.15) is 5.82 Å². The third-order valence-corrected chi connectivity index (χ3v) is 2.53. The first kappa shape index (κ1) is 9.48. The Labute approximate surface area is 81.8 Å². The van der Waals surface area contributed by atoms with Crippen LogP contribution in [0.15, 0.2) is 16.6 Å². The highest BCUT2D eigenvalue weighted by molar-refractivity contribution is 9.10. The summed E-state index contributed by atoms with van der Waals surface area (Å²) in [4.78, 5) is 10.0. The Bertz CT molecular complexity index is 319. The van der Waals surface area contributed by atoms with E-state index in [1.807, 2.05) is 0 Å². The molecule has 64 valence electrons. The van der Waals surface area contributed by atoms with Crippen molar-refractivity contribution < 1.29 is 9.18 Å². The topological polar surface area (TPSA) is 29.1 Å². The van der Waals surface area contributed by atoms with Crippen molar-refractivity contribution in [2.45, 2.75) is 0 Å². The lowest BCUT2D eigenvalue weighted by atomic mass is 10.3. The second-order valence-electron chi connectivity index (χ2n) is 1.98. The molecule has 0 spiro atoms. The average Bonchev–Trinajstić information content (AvgIpc) is 2.06. The molecule has 5 heteroatoms. The summed E-state index contributed by atoms with van der Waals surface area (Å²) in [5.41, 5.74) is -0.0129. The van der Waals surface area contributed by atoms with Crippen LogP contribution in [0.2, 0.25) is 5.02 Å². The Morgan fingerprint density at radius 1 is 1.58 bits per heavy atom. The van der Waals surface area contributed by atoms with E-state index >= 15 is 0 Å². The quantitative estimate of drug-likeness (QED) is 0.636. The molecule has 0 saturated carbocycles. The van der Waals surface area contributed by atoms with Crippen LogP contribution < -0.4 is 5.32 Å². The fourth-order valence-corrected chi connectivity index (χ4v) is 1.26. The van der Waals surface area contributed by atoms with Crippen LogP contribution in [-0.4, -0.2) is 6.41 Å². The molecule has 0 saturated heterocycles. The monoisotopic (exact) mass is 251 g/mol. The molecule has 0 bridgehead atoms. The minimum absolute atomic E-state index is 0.0129. The minimum Gasteiger partial charge on any atom is -0.325 e. The van der Waals surface area contributed by atoms with Crippen molar-refractivity contribution in [3.05, 3.63) is 27.4 Å². The molecule has 1 aromatic rings. The van der Waals surface area contributed by atoms with Gasteiger partial charge in [-0.25, -0.2) is 4.39 Å². The van der Waals surface area contributed by atoms with Crippen molar-refractivity contribution in [1.82, 2.24) is 0 Å². The molecule has 0 heterocycles. The summed E-state index contributed by atoms with van der Waals surface area (Å²) in [6.45, 7) is 0. The smallest absolute Gasteiger partial charge is 0.211 e. The van der Waals surface area contributed by atoms with Gasteiger partial charge in [-0.15, -0.1) is 0 Å². The number of benzene rings is 1. The minimum atomic E-state index is -0.560. The predicted octanol–water partition coefficient (Wildman–Crippen LogP) is 2.81. The van der Waals surface area contributed by atoms with Crippen LogP contribution in [0.1, 0.15) is 0 Å². The summed E-state index contributed by atoms with van der Waals surface area (Å²) in [7, 11) is 0. The van der Waals surface area contributed by atoms with Gasteiger partial charge in [0.05, 0.1) is 10.7 Å². The van der Waals surface area contributed by atoms with Gasteiger partial charge in [-0.2, -0.15) is 0 Å². The van der Waals surface area contributed by atoms with E-state index in [1.54, 1.807) is 0 Å². The molecule has 0 aliphatic heterocycles. The number of rotatable bonds is 2. The van der Waals surface area contributed by atoms with Crippen LogP contribution in [-0.2, 0) is 4.79 Å². The molecule has 1 rings (SSSR count). The maximum absolute atomic E-state index is 12.9. The van der Waals surface area contributed by atoms with Crippen LogP contribution in [0.3, 0.4) is 0 Å². The Kier molecular flexibility index (Phi) is 3.05. The fraction of sp³-hybridized carbons (Fsp3) is 0. The lowest BCUT2D eigenvalue weighted by Gasteiger charge is -2.04. The highest BCUT2D eigenvalue weighted by atomic mass is 79.9. The highest BCUT2D eigenvalue weighted by Crippen LogP contribution is 2.31. The first-order valence-electron chi connectivity index (χ1n) is 3.00. The van der Waals surface area contributed by atoms with Gasteiger partial charge in [0.15, 0.2) is 0 Å². The molecule has 1 amide bonds. The number of hydrogen-bond donors (Lipinski definition) is 1. The Morgan fingerprint density at radius 2 is 2.25 bits per heavy atom. The molecule has 2 nitrogen and oxygen atoms in total. The summed E-state index contributed by atoms with van der Waals surface area (Å²) in [6.07, 6.45) is 0.372. The van der Waals surface area contributed by atoms with Crippen LogP contribution >= 0.6 is 27.5 Å². The van der Waals surface area contributed by atoms with E-state index in [9.17, 15) is 9.18 Å². The van der Waals surface area contributed by atoms with Crippen molar-refractivity contribution >= 4 is 39.6 Å². The molecular formula is C7H4BrClFNO. The van der Waals surface area contributed by atoms with Gasteiger partial charge in [-0.1, -0.05) is 11.6 Å². The molecule has 0 atom stereocenters. The zero-order chi connectivity index (χ0) is 9.14. The molecule has 1 aromatic carbocycles. The van der Waals surface area contributed by atoms with Gasteiger partial charge in [0, 0.05) is 4.47 Å². The molecule has 1 N–H and O–H groups in total. The van der Waals surface area contributed by atoms with Crippen molar-refractivity contribution in [3.8, 4) is 0 Å². The van der Waals surface area contributed by atoms with Crippen molar-refractivity contribution in [1.29, 1.82) is 0 Å². The average molecular weight is 252 g/mol. The second kappa shape index (κ2) is 3.87. The number of halogens is 3. The van der Waals surface area contributed by atoms with Gasteiger partial charge < -0.3 is 5.32 Å². The van der Waals surface area contributed by atoms with Crippen LogP contribution in [0.4, 0.5) is 10.1 Å². The summed E-state index contributed by atoms with van der Waals surface area (Å²) in [5, 5.41) is 2.32. The number of anilines is 1. The van der Waals surface area contributed by atoms with E-state index in [0.717, 1.165) is 0 Å². The van der Waals surface area contributed by atoms with Crippen molar-refractivity contribution in [2.75, 3.05) is 5.32 Å². The van der Waals surface area contributed by atoms with E-state index in [1.165, 1.54) is 12.1 Å². The molecule has 0 radical (unpaired) electrons. The Balaban J connectivity index is 3.22. The number of hydrogen-bond acceptors (Lipinski definition) is 1. The van der Waals surface area contributed by atoms with Gasteiger partial charge >= 0.3 is 0 Å². The van der Waals surface area contributed by atoms with E-state index in [4.69, 9.17) is 11.6 Å². The number of amides is 1. The number of carbonyl (C=O) groups excluding carboxylic acids is 1. The zero-order valence-corrected chi connectivity index (χ0v) is 8.12. The molecular weight excluding hydrogens is 248 g/mol. The first-order valence-corrected chi connectivity index (χ1v) is 4.17. The van der Waals surface area contributed by atoms with E-state index in [0.29, 0.717) is 10.9 Å². The molecule has 0 aliphatic carbocycles. The normalized spacial score (nSPS) is 9.58. The van der Waals surface area contributed by atoms with Gasteiger partial charge in [-0.3, -0.25) is 4.79 Å². The number of nitrogens with one attached hydrogen (secondary N) is 1. The summed E-state index contributed by atoms with van der Waals surface area (Å²) >= 11 is 8.76. The molecule has 0 unspecified atom stereocenters. The van der Waals surface area contributed by atoms with Crippen LogP contribution in [0.5, 0.6) is 0 Å². The third-order valence-electron chi connectivity index (χ3n) is 1.25. The predicted molar refractivity (Wildman–Crippen MR) is 48.8 cm³/mol. The van der Waals surface area contributed by atoms with Gasteiger partial charge in [0.2, 0.25) is 6.41 Å². The standard InChI is InChI=1S/C7H4BrClFNO/c8-4-1-2-5(10)7(6(4)9)11-3-12/h1-3H,(H,11,12). The van der Waals surface area contributed by atoms with Crippen molar-refractivity contribution in [3.63, 3.8) is 0 Å². The van der Waals surface area contributed by atoms with E-state index < -0.39 is 5.82 Å². The molecule has 0 fully saturated rings. The van der Waals surface area contributed by atoms with Crippen LogP contribution in [0, 0.1) is 5.82 Å². The molecule has 0 aromatic heterocycles. The van der Waals surface area contributed by atoms with Gasteiger partial charge in [0.25, 0.3) is 0 Å².